The molecule has 8 heteroatoms. The minimum atomic E-state index is -0.593. The zero-order valence-corrected chi connectivity index (χ0v) is 19.5. The van der Waals surface area contributed by atoms with E-state index >= 15 is 0 Å². The second-order valence-corrected chi connectivity index (χ2v) is 8.88. The summed E-state index contributed by atoms with van der Waals surface area (Å²) in [6.45, 7) is 4.01. The number of benzene rings is 2. The van der Waals surface area contributed by atoms with Crippen LogP contribution in [0, 0.1) is 13.8 Å². The van der Waals surface area contributed by atoms with Crippen LogP contribution in [0.15, 0.2) is 61.5 Å². The Morgan fingerprint density at radius 1 is 1.03 bits per heavy atom. The fraction of sp³-hybridized carbons (Fsp3) is 0.227. The van der Waals surface area contributed by atoms with Crippen LogP contribution in [0.1, 0.15) is 22.3 Å². The number of hydrogen-bond donors (Lipinski definition) is 1. The number of halogens is 1. The molecule has 0 aliphatic carbocycles. The summed E-state index contributed by atoms with van der Waals surface area (Å²) in [6.07, 6.45) is 0. The zero-order chi connectivity index (χ0) is 22.0. The zero-order valence-electron chi connectivity index (χ0n) is 17.1. The molecule has 0 saturated heterocycles. The average molecular weight is 488 g/mol. The molecule has 2 aromatic carbocycles. The van der Waals surface area contributed by atoms with E-state index < -0.39 is 17.1 Å². The Hall–Kier alpha value is -2.58. The first-order chi connectivity index (χ1) is 14.2. The SMILES string of the molecule is Cc1ccc(N=C(SCc2ccc(Br)cc2)c2c(O)n(C)c(=O)n(C)c2=O)cc1C. The van der Waals surface area contributed by atoms with Gasteiger partial charge >= 0.3 is 5.69 Å². The Morgan fingerprint density at radius 3 is 2.33 bits per heavy atom. The average Bonchev–Trinajstić information content (AvgIpc) is 2.72. The molecule has 0 amide bonds. The van der Waals surface area contributed by atoms with E-state index in [1.807, 2.05) is 56.3 Å². The second kappa shape index (κ2) is 9.06. The number of thioether (sulfide) groups is 1. The summed E-state index contributed by atoms with van der Waals surface area (Å²) in [5.74, 6) is 0.150. The maximum atomic E-state index is 12.9. The van der Waals surface area contributed by atoms with E-state index in [2.05, 4.69) is 20.9 Å². The van der Waals surface area contributed by atoms with Gasteiger partial charge in [0.15, 0.2) is 0 Å². The van der Waals surface area contributed by atoms with Crippen molar-refractivity contribution < 1.29 is 5.11 Å². The van der Waals surface area contributed by atoms with Crippen molar-refractivity contribution >= 4 is 38.4 Å². The highest BCUT2D eigenvalue weighted by Crippen LogP contribution is 2.27. The molecule has 0 saturated carbocycles. The normalized spacial score (nSPS) is 11.7. The van der Waals surface area contributed by atoms with Crippen molar-refractivity contribution in [1.29, 1.82) is 0 Å². The summed E-state index contributed by atoms with van der Waals surface area (Å²) in [4.78, 5) is 29.7. The first kappa shape index (κ1) is 22.1. The highest BCUT2D eigenvalue weighted by atomic mass is 79.9. The van der Waals surface area contributed by atoms with Crippen LogP contribution in [-0.4, -0.2) is 19.3 Å². The van der Waals surface area contributed by atoms with Crippen LogP contribution in [0.3, 0.4) is 0 Å². The molecule has 0 fully saturated rings. The molecular formula is C22H22BrN3O3S. The molecule has 0 atom stereocenters. The smallest absolute Gasteiger partial charge is 0.333 e. The first-order valence-electron chi connectivity index (χ1n) is 9.21. The third kappa shape index (κ3) is 4.60. The van der Waals surface area contributed by atoms with E-state index in [1.54, 1.807) is 0 Å². The fourth-order valence-corrected chi connectivity index (χ4v) is 4.08. The Morgan fingerprint density at radius 2 is 1.70 bits per heavy atom. The van der Waals surface area contributed by atoms with E-state index in [-0.39, 0.29) is 5.56 Å². The molecule has 3 rings (SSSR count). The predicted octanol–water partition coefficient (Wildman–Crippen LogP) is 4.18. The van der Waals surface area contributed by atoms with Gasteiger partial charge < -0.3 is 5.11 Å². The van der Waals surface area contributed by atoms with Crippen LogP contribution >= 0.6 is 27.7 Å². The summed E-state index contributed by atoms with van der Waals surface area (Å²) in [6, 6.07) is 13.6. The molecule has 156 valence electrons. The molecule has 0 aliphatic rings. The van der Waals surface area contributed by atoms with Crippen molar-refractivity contribution in [2.75, 3.05) is 0 Å². The van der Waals surface area contributed by atoms with E-state index in [4.69, 9.17) is 0 Å². The summed E-state index contributed by atoms with van der Waals surface area (Å²) < 4.78 is 3.00. The number of aryl methyl sites for hydroxylation is 2. The fourth-order valence-electron chi connectivity index (χ4n) is 2.83. The Bertz CT molecular complexity index is 1240. The van der Waals surface area contributed by atoms with Crippen LogP contribution in [0.4, 0.5) is 5.69 Å². The Kier molecular flexibility index (Phi) is 6.67. The third-order valence-corrected chi connectivity index (χ3v) is 6.43. The van der Waals surface area contributed by atoms with Gasteiger partial charge in [-0.05, 0) is 54.8 Å². The van der Waals surface area contributed by atoms with Gasteiger partial charge in [-0.25, -0.2) is 9.79 Å². The predicted molar refractivity (Wildman–Crippen MR) is 126 cm³/mol. The molecule has 1 heterocycles. The lowest BCUT2D eigenvalue weighted by Crippen LogP contribution is -2.39. The second-order valence-electron chi connectivity index (χ2n) is 7.01. The summed E-state index contributed by atoms with van der Waals surface area (Å²) >= 11 is 4.76. The van der Waals surface area contributed by atoms with E-state index in [9.17, 15) is 14.7 Å². The number of rotatable bonds is 4. The lowest BCUT2D eigenvalue weighted by atomic mass is 10.1. The van der Waals surface area contributed by atoms with Crippen LogP contribution in [-0.2, 0) is 19.8 Å². The first-order valence-corrected chi connectivity index (χ1v) is 11.0. The van der Waals surface area contributed by atoms with Gasteiger partial charge in [0, 0.05) is 24.3 Å². The maximum absolute atomic E-state index is 12.9. The van der Waals surface area contributed by atoms with E-state index in [1.165, 1.54) is 25.9 Å². The largest absolute Gasteiger partial charge is 0.494 e. The lowest BCUT2D eigenvalue weighted by molar-refractivity contribution is 0.410. The standard InChI is InChI=1S/C22H22BrN3O3S/c1-13-5-10-17(11-14(13)2)24-19(30-12-15-6-8-16(23)9-7-15)18-20(27)25(3)22(29)26(4)21(18)28/h5-11,27H,12H2,1-4H3. The topological polar surface area (TPSA) is 76.6 Å². The Labute approximate surface area is 187 Å². The molecule has 30 heavy (non-hydrogen) atoms. The highest BCUT2D eigenvalue weighted by molar-refractivity contribution is 9.10. The van der Waals surface area contributed by atoms with Gasteiger partial charge in [0.05, 0.1) is 5.69 Å². The number of aromatic hydroxyl groups is 1. The van der Waals surface area contributed by atoms with Gasteiger partial charge in [-0.2, -0.15) is 0 Å². The Balaban J connectivity index is 2.13. The minimum Gasteiger partial charge on any atom is -0.494 e. The number of aromatic nitrogens is 2. The van der Waals surface area contributed by atoms with Gasteiger partial charge in [0.2, 0.25) is 5.88 Å². The molecule has 0 bridgehead atoms. The highest BCUT2D eigenvalue weighted by Gasteiger charge is 2.21. The lowest BCUT2D eigenvalue weighted by Gasteiger charge is -2.13. The number of aliphatic imine (C=N–C) groups is 1. The van der Waals surface area contributed by atoms with E-state index in [0.29, 0.717) is 16.5 Å². The molecule has 0 radical (unpaired) electrons. The molecule has 0 aliphatic heterocycles. The summed E-state index contributed by atoms with van der Waals surface area (Å²) in [5, 5.41) is 11.0. The van der Waals surface area contributed by atoms with Crippen molar-refractivity contribution in [3.63, 3.8) is 0 Å². The molecule has 1 N–H and O–H groups in total. The monoisotopic (exact) mass is 487 g/mol. The molecule has 3 aromatic rings. The summed E-state index contributed by atoms with van der Waals surface area (Å²) in [5.41, 5.74) is 2.76. The molecule has 0 unspecified atom stereocenters. The number of nitrogens with zero attached hydrogens (tertiary/aromatic N) is 3. The van der Waals surface area contributed by atoms with Crippen molar-refractivity contribution in [2.45, 2.75) is 19.6 Å². The van der Waals surface area contributed by atoms with Gasteiger partial charge in [-0.1, -0.05) is 34.1 Å². The molecular weight excluding hydrogens is 466 g/mol. The molecule has 1 aromatic heterocycles. The van der Waals surface area contributed by atoms with Crippen LogP contribution in [0.5, 0.6) is 5.88 Å². The van der Waals surface area contributed by atoms with Gasteiger partial charge in [-0.15, -0.1) is 11.8 Å². The van der Waals surface area contributed by atoms with Crippen molar-refractivity contribution in [3.8, 4) is 5.88 Å². The van der Waals surface area contributed by atoms with Crippen LogP contribution < -0.4 is 11.2 Å². The molecule has 0 spiro atoms. The van der Waals surface area contributed by atoms with Gasteiger partial charge in [0.25, 0.3) is 5.56 Å². The van der Waals surface area contributed by atoms with Gasteiger partial charge in [0.1, 0.15) is 10.6 Å². The summed E-state index contributed by atoms with van der Waals surface area (Å²) in [7, 11) is 2.81. The quantitative estimate of drug-likeness (QED) is 0.442. The van der Waals surface area contributed by atoms with E-state index in [0.717, 1.165) is 30.3 Å². The number of hydrogen-bond acceptors (Lipinski definition) is 5. The molecule has 6 nitrogen and oxygen atoms in total. The van der Waals surface area contributed by atoms with Crippen molar-refractivity contribution in [3.05, 3.63) is 90.0 Å². The van der Waals surface area contributed by atoms with Crippen molar-refractivity contribution in [2.24, 2.45) is 19.1 Å². The minimum absolute atomic E-state index is 0.0138. The van der Waals surface area contributed by atoms with Crippen LogP contribution in [0.2, 0.25) is 0 Å². The van der Waals surface area contributed by atoms with Crippen LogP contribution in [0.25, 0.3) is 0 Å². The third-order valence-electron chi connectivity index (χ3n) is 4.86. The van der Waals surface area contributed by atoms with Gasteiger partial charge in [-0.3, -0.25) is 13.9 Å². The van der Waals surface area contributed by atoms with Crippen molar-refractivity contribution in [1.82, 2.24) is 9.13 Å². The maximum Gasteiger partial charge on any atom is 0.333 e.